The van der Waals surface area contributed by atoms with E-state index in [0.717, 1.165) is 10.6 Å². The van der Waals surface area contributed by atoms with Crippen LogP contribution in [0.1, 0.15) is 27.5 Å². The van der Waals surface area contributed by atoms with Gasteiger partial charge in [0.2, 0.25) is 0 Å². The predicted molar refractivity (Wildman–Crippen MR) is 139 cm³/mol. The Morgan fingerprint density at radius 3 is 2.14 bits per heavy atom. The van der Waals surface area contributed by atoms with Crippen LogP contribution in [0.3, 0.4) is 0 Å². The Bertz CT molecular complexity index is 1510. The molecular weight excluding hydrogens is 492 g/mol. The minimum Gasteiger partial charge on any atom is -0.507 e. The third kappa shape index (κ3) is 4.36. The number of carboxylic acids is 1. The molecular formula is C28H20N2O6S. The molecule has 1 aromatic heterocycles. The van der Waals surface area contributed by atoms with Crippen molar-refractivity contribution in [2.45, 2.75) is 6.04 Å². The fourth-order valence-electron chi connectivity index (χ4n) is 4.26. The highest BCUT2D eigenvalue weighted by atomic mass is 32.1. The van der Waals surface area contributed by atoms with Crippen molar-refractivity contribution in [3.8, 4) is 16.3 Å². The average molecular weight is 513 g/mol. The second-order valence-corrected chi connectivity index (χ2v) is 9.10. The molecule has 0 radical (unpaired) electrons. The Balaban J connectivity index is 1.65. The standard InChI is InChI=1S/C28H20N2O6S/c1-36-21-12-8-17(9-13-21)24(31)22-23(16-2-4-18(5-3-16)26-29-14-15-37-26)30(27(33)25(22)32)20-10-6-19(7-11-20)28(34)35/h2-15,23,31H,1H3,(H,34,35)/b24-22+. The summed E-state index contributed by atoms with van der Waals surface area (Å²) < 4.78 is 5.17. The van der Waals surface area contributed by atoms with Crippen LogP contribution in [0.2, 0.25) is 0 Å². The molecule has 1 aliphatic heterocycles. The number of ether oxygens (including phenoxy) is 1. The van der Waals surface area contributed by atoms with Crippen molar-refractivity contribution in [1.82, 2.24) is 4.98 Å². The summed E-state index contributed by atoms with van der Waals surface area (Å²) in [6.45, 7) is 0. The van der Waals surface area contributed by atoms with Gasteiger partial charge >= 0.3 is 5.97 Å². The maximum absolute atomic E-state index is 13.3. The molecule has 1 amide bonds. The molecule has 184 valence electrons. The Morgan fingerprint density at radius 1 is 0.919 bits per heavy atom. The number of carboxylic acid groups (broad SMARTS) is 1. The van der Waals surface area contributed by atoms with Gasteiger partial charge in [0.15, 0.2) is 0 Å². The average Bonchev–Trinajstić information content (AvgIpc) is 3.56. The number of amides is 1. The lowest BCUT2D eigenvalue weighted by Gasteiger charge is -2.25. The molecule has 9 heteroatoms. The number of nitrogens with zero attached hydrogens (tertiary/aromatic N) is 2. The van der Waals surface area contributed by atoms with Crippen LogP contribution in [-0.4, -0.2) is 40.0 Å². The van der Waals surface area contributed by atoms with Crippen LogP contribution in [0.25, 0.3) is 16.3 Å². The summed E-state index contributed by atoms with van der Waals surface area (Å²) in [5.74, 6) is -2.52. The highest BCUT2D eigenvalue weighted by Gasteiger charge is 2.47. The number of thiazole rings is 1. The molecule has 8 nitrogen and oxygen atoms in total. The van der Waals surface area contributed by atoms with Crippen molar-refractivity contribution in [2.75, 3.05) is 12.0 Å². The SMILES string of the molecule is COc1ccc(/C(O)=C2\C(=O)C(=O)N(c3ccc(C(=O)O)cc3)C2c2ccc(-c3nccs3)cc2)cc1. The Kier molecular flexibility index (Phi) is 6.29. The number of carbonyl (C=O) groups is 3. The van der Waals surface area contributed by atoms with Crippen LogP contribution in [0.15, 0.2) is 89.9 Å². The highest BCUT2D eigenvalue weighted by Crippen LogP contribution is 2.42. The van der Waals surface area contributed by atoms with Crippen LogP contribution in [0.4, 0.5) is 5.69 Å². The molecule has 1 saturated heterocycles. The first kappa shape index (κ1) is 24.0. The van der Waals surface area contributed by atoms with E-state index in [0.29, 0.717) is 22.6 Å². The fourth-order valence-corrected chi connectivity index (χ4v) is 4.90. The smallest absolute Gasteiger partial charge is 0.335 e. The molecule has 1 atom stereocenters. The summed E-state index contributed by atoms with van der Waals surface area (Å²) in [4.78, 5) is 43.5. The molecule has 0 saturated carbocycles. The van der Waals surface area contributed by atoms with E-state index < -0.39 is 23.7 Å². The van der Waals surface area contributed by atoms with E-state index in [2.05, 4.69) is 4.98 Å². The van der Waals surface area contributed by atoms with Gasteiger partial charge in [0.25, 0.3) is 11.7 Å². The first-order valence-electron chi connectivity index (χ1n) is 11.2. The zero-order valence-corrected chi connectivity index (χ0v) is 20.3. The second kappa shape index (κ2) is 9.71. The summed E-state index contributed by atoms with van der Waals surface area (Å²) in [6, 6.07) is 18.5. The third-order valence-electron chi connectivity index (χ3n) is 6.11. The summed E-state index contributed by atoms with van der Waals surface area (Å²) >= 11 is 1.48. The van der Waals surface area contributed by atoms with Crippen LogP contribution in [0, 0.1) is 0 Å². The van der Waals surface area contributed by atoms with Crippen LogP contribution in [0.5, 0.6) is 5.75 Å². The number of aliphatic hydroxyl groups excluding tert-OH is 1. The lowest BCUT2D eigenvalue weighted by atomic mass is 9.94. The maximum atomic E-state index is 13.3. The van der Waals surface area contributed by atoms with E-state index in [9.17, 15) is 24.6 Å². The molecule has 5 rings (SSSR count). The lowest BCUT2D eigenvalue weighted by molar-refractivity contribution is -0.132. The van der Waals surface area contributed by atoms with E-state index in [4.69, 9.17) is 4.74 Å². The molecule has 37 heavy (non-hydrogen) atoms. The molecule has 1 unspecified atom stereocenters. The number of aromatic nitrogens is 1. The molecule has 0 bridgehead atoms. The molecule has 0 spiro atoms. The van der Waals surface area contributed by atoms with Gasteiger partial charge < -0.3 is 14.9 Å². The van der Waals surface area contributed by atoms with Crippen molar-refractivity contribution in [1.29, 1.82) is 0 Å². The number of methoxy groups -OCH3 is 1. The minimum absolute atomic E-state index is 0.0444. The number of Topliss-reactive ketones (excluding diaryl/α,β-unsaturated/α-hetero) is 1. The first-order chi connectivity index (χ1) is 17.9. The molecule has 2 N–H and O–H groups in total. The number of rotatable bonds is 6. The van der Waals surface area contributed by atoms with Crippen molar-refractivity contribution in [3.63, 3.8) is 0 Å². The topological polar surface area (TPSA) is 117 Å². The third-order valence-corrected chi connectivity index (χ3v) is 6.93. The lowest BCUT2D eigenvalue weighted by Crippen LogP contribution is -2.29. The summed E-state index contributed by atoms with van der Waals surface area (Å²) in [5, 5.41) is 23.2. The van der Waals surface area contributed by atoms with Gasteiger partial charge in [0.1, 0.15) is 16.5 Å². The van der Waals surface area contributed by atoms with Crippen LogP contribution < -0.4 is 9.64 Å². The fraction of sp³-hybridized carbons (Fsp3) is 0.0714. The monoisotopic (exact) mass is 512 g/mol. The summed E-state index contributed by atoms with van der Waals surface area (Å²) in [7, 11) is 1.52. The zero-order valence-electron chi connectivity index (χ0n) is 19.5. The van der Waals surface area contributed by atoms with E-state index in [1.165, 1.54) is 47.6 Å². The number of aliphatic hydroxyl groups is 1. The van der Waals surface area contributed by atoms with Gasteiger partial charge in [-0.1, -0.05) is 24.3 Å². The van der Waals surface area contributed by atoms with Gasteiger partial charge in [-0.15, -0.1) is 11.3 Å². The molecule has 3 aromatic carbocycles. The van der Waals surface area contributed by atoms with Crippen molar-refractivity contribution < 1.29 is 29.3 Å². The largest absolute Gasteiger partial charge is 0.507 e. The van der Waals surface area contributed by atoms with E-state index in [-0.39, 0.29) is 16.9 Å². The highest BCUT2D eigenvalue weighted by molar-refractivity contribution is 7.13. The number of anilines is 1. The van der Waals surface area contributed by atoms with Gasteiger partial charge in [-0.2, -0.15) is 0 Å². The maximum Gasteiger partial charge on any atom is 0.335 e. The van der Waals surface area contributed by atoms with Crippen molar-refractivity contribution >= 4 is 40.4 Å². The second-order valence-electron chi connectivity index (χ2n) is 8.21. The molecule has 1 aliphatic rings. The van der Waals surface area contributed by atoms with Crippen LogP contribution >= 0.6 is 11.3 Å². The Labute approximate surface area is 215 Å². The van der Waals surface area contributed by atoms with Gasteiger partial charge in [0.05, 0.1) is 24.3 Å². The molecule has 1 fully saturated rings. The van der Waals surface area contributed by atoms with E-state index in [1.807, 2.05) is 17.5 Å². The van der Waals surface area contributed by atoms with Crippen molar-refractivity contribution in [3.05, 3.63) is 107 Å². The summed E-state index contributed by atoms with van der Waals surface area (Å²) in [6.07, 6.45) is 1.71. The Hall–Kier alpha value is -4.76. The molecule has 4 aromatic rings. The molecule has 0 aliphatic carbocycles. The first-order valence-corrected chi connectivity index (χ1v) is 12.1. The quantitative estimate of drug-likeness (QED) is 0.209. The predicted octanol–water partition coefficient (Wildman–Crippen LogP) is 5.14. The number of carbonyl (C=O) groups excluding carboxylic acids is 2. The minimum atomic E-state index is -1.11. The zero-order chi connectivity index (χ0) is 26.1. The van der Waals surface area contributed by atoms with Gasteiger partial charge in [-0.05, 0) is 54.1 Å². The molecule has 2 heterocycles. The Morgan fingerprint density at radius 2 is 1.57 bits per heavy atom. The van der Waals surface area contributed by atoms with Crippen molar-refractivity contribution in [2.24, 2.45) is 0 Å². The van der Waals surface area contributed by atoms with E-state index >= 15 is 0 Å². The number of aromatic carboxylic acids is 1. The van der Waals surface area contributed by atoms with Gasteiger partial charge in [0, 0.05) is 28.4 Å². The number of hydrogen-bond acceptors (Lipinski definition) is 7. The number of benzene rings is 3. The number of hydrogen-bond donors (Lipinski definition) is 2. The van der Waals surface area contributed by atoms with Gasteiger partial charge in [-0.25, -0.2) is 9.78 Å². The number of ketones is 1. The normalized spacial score (nSPS) is 16.7. The summed E-state index contributed by atoms with van der Waals surface area (Å²) in [5.41, 5.74) is 2.12. The van der Waals surface area contributed by atoms with E-state index in [1.54, 1.807) is 42.6 Å². The van der Waals surface area contributed by atoms with Gasteiger partial charge in [-0.3, -0.25) is 14.5 Å². The van der Waals surface area contributed by atoms with Crippen LogP contribution in [-0.2, 0) is 9.59 Å².